The van der Waals surface area contributed by atoms with Crippen molar-refractivity contribution >= 4 is 17.5 Å². The summed E-state index contributed by atoms with van der Waals surface area (Å²) >= 11 is 5.92. The molecule has 0 unspecified atom stereocenters. The van der Waals surface area contributed by atoms with Gasteiger partial charge in [-0.3, -0.25) is 9.69 Å². The number of likely N-dealkylation sites (N-methyl/N-ethyl adjacent to an activating group) is 2. The molecule has 1 rings (SSSR count). The molecule has 6 heteroatoms. The minimum Gasteiger partial charge on any atom is -0.342 e. The third kappa shape index (κ3) is 3.71. The van der Waals surface area contributed by atoms with Gasteiger partial charge in [-0.1, -0.05) is 11.6 Å². The van der Waals surface area contributed by atoms with Gasteiger partial charge in [0.05, 0.1) is 19.3 Å². The van der Waals surface area contributed by atoms with Gasteiger partial charge in [-0.05, 0) is 20.9 Å². The number of aromatic nitrogens is 2. The van der Waals surface area contributed by atoms with Crippen LogP contribution in [0.1, 0.15) is 19.7 Å². The summed E-state index contributed by atoms with van der Waals surface area (Å²) < 4.78 is 1.82. The van der Waals surface area contributed by atoms with Gasteiger partial charge in [0, 0.05) is 20.1 Å². The van der Waals surface area contributed by atoms with Crippen molar-refractivity contribution in [1.29, 1.82) is 0 Å². The normalized spacial score (nSPS) is 11.0. The van der Waals surface area contributed by atoms with Crippen LogP contribution in [0.2, 0.25) is 5.15 Å². The van der Waals surface area contributed by atoms with E-state index in [2.05, 4.69) is 4.98 Å². The van der Waals surface area contributed by atoms with E-state index in [1.54, 1.807) is 6.20 Å². The van der Waals surface area contributed by atoms with Crippen molar-refractivity contribution in [1.82, 2.24) is 19.4 Å². The van der Waals surface area contributed by atoms with Crippen molar-refractivity contribution in [3.8, 4) is 0 Å². The minimum atomic E-state index is 0.141. The molecule has 0 aromatic carbocycles. The van der Waals surface area contributed by atoms with Crippen LogP contribution in [0.4, 0.5) is 0 Å². The molecule has 0 aliphatic rings. The lowest BCUT2D eigenvalue weighted by molar-refractivity contribution is -0.131. The molecule has 1 amide bonds. The molecule has 0 spiro atoms. The topological polar surface area (TPSA) is 41.4 Å². The number of amides is 1. The Morgan fingerprint density at radius 3 is 2.50 bits per heavy atom. The Morgan fingerprint density at radius 1 is 1.44 bits per heavy atom. The number of carbonyl (C=O) groups is 1. The summed E-state index contributed by atoms with van der Waals surface area (Å²) in [5.41, 5.74) is 0. The maximum atomic E-state index is 11.9. The van der Waals surface area contributed by atoms with Gasteiger partial charge in [0.15, 0.2) is 0 Å². The molecular weight excluding hydrogens is 252 g/mol. The highest BCUT2D eigenvalue weighted by atomic mass is 35.5. The minimum absolute atomic E-state index is 0.141. The van der Waals surface area contributed by atoms with E-state index in [1.807, 2.05) is 42.3 Å². The van der Waals surface area contributed by atoms with Crippen LogP contribution in [-0.4, -0.2) is 51.9 Å². The van der Waals surface area contributed by atoms with E-state index in [-0.39, 0.29) is 5.91 Å². The highest BCUT2D eigenvalue weighted by molar-refractivity contribution is 6.29. The van der Waals surface area contributed by atoms with E-state index >= 15 is 0 Å². The highest BCUT2D eigenvalue weighted by Gasteiger charge is 2.14. The summed E-state index contributed by atoms with van der Waals surface area (Å²) in [7, 11) is 3.77. The van der Waals surface area contributed by atoms with Crippen molar-refractivity contribution in [3.05, 3.63) is 17.2 Å². The summed E-state index contributed by atoms with van der Waals surface area (Å²) in [4.78, 5) is 19.9. The predicted molar refractivity (Wildman–Crippen MR) is 72.5 cm³/mol. The van der Waals surface area contributed by atoms with Crippen LogP contribution >= 0.6 is 11.6 Å². The lowest BCUT2D eigenvalue weighted by atomic mass is 10.4. The molecule has 0 atom stereocenters. The predicted octanol–water partition coefficient (Wildman–Crippen LogP) is 1.37. The van der Waals surface area contributed by atoms with Crippen molar-refractivity contribution in [2.24, 2.45) is 7.05 Å². The molecule has 1 aromatic rings. The van der Waals surface area contributed by atoms with Crippen LogP contribution in [0.5, 0.6) is 0 Å². The Balaban J connectivity index is 2.54. The Morgan fingerprint density at radius 2 is 2.06 bits per heavy atom. The molecule has 0 fully saturated rings. The van der Waals surface area contributed by atoms with Crippen LogP contribution in [0.3, 0.4) is 0 Å². The maximum absolute atomic E-state index is 11.9. The Bertz CT molecular complexity index is 401. The molecule has 0 aliphatic heterocycles. The van der Waals surface area contributed by atoms with Gasteiger partial charge >= 0.3 is 0 Å². The van der Waals surface area contributed by atoms with Gasteiger partial charge in [0.1, 0.15) is 11.0 Å². The molecular formula is C12H21ClN4O. The van der Waals surface area contributed by atoms with Crippen molar-refractivity contribution in [3.63, 3.8) is 0 Å². The molecule has 5 nitrogen and oxygen atoms in total. The van der Waals surface area contributed by atoms with Gasteiger partial charge in [0.2, 0.25) is 5.91 Å². The number of carbonyl (C=O) groups excluding carboxylic acids is 1. The first-order valence-electron chi connectivity index (χ1n) is 6.12. The average molecular weight is 273 g/mol. The highest BCUT2D eigenvalue weighted by Crippen LogP contribution is 2.10. The van der Waals surface area contributed by atoms with Crippen LogP contribution in [0.25, 0.3) is 0 Å². The average Bonchev–Trinajstić information content (AvgIpc) is 2.62. The fourth-order valence-electron chi connectivity index (χ4n) is 1.78. The zero-order valence-electron chi connectivity index (χ0n) is 11.5. The first-order valence-corrected chi connectivity index (χ1v) is 6.49. The second kappa shape index (κ2) is 6.75. The fraction of sp³-hybridized carbons (Fsp3) is 0.667. The van der Waals surface area contributed by atoms with E-state index in [0.29, 0.717) is 18.2 Å². The third-order valence-electron chi connectivity index (χ3n) is 2.96. The molecule has 0 bridgehead atoms. The Labute approximate surface area is 113 Å². The van der Waals surface area contributed by atoms with Crippen molar-refractivity contribution in [2.75, 3.05) is 26.7 Å². The zero-order chi connectivity index (χ0) is 13.7. The van der Waals surface area contributed by atoms with E-state index < -0.39 is 0 Å². The molecule has 0 N–H and O–H groups in total. The van der Waals surface area contributed by atoms with Crippen molar-refractivity contribution in [2.45, 2.75) is 20.4 Å². The van der Waals surface area contributed by atoms with E-state index in [4.69, 9.17) is 11.6 Å². The quantitative estimate of drug-likeness (QED) is 0.786. The second-order valence-electron chi connectivity index (χ2n) is 4.29. The van der Waals surface area contributed by atoms with E-state index in [1.165, 1.54) is 0 Å². The second-order valence-corrected chi connectivity index (χ2v) is 4.68. The number of nitrogens with zero attached hydrogens (tertiary/aromatic N) is 4. The number of hydrogen-bond acceptors (Lipinski definition) is 3. The van der Waals surface area contributed by atoms with E-state index in [9.17, 15) is 4.79 Å². The van der Waals surface area contributed by atoms with Crippen LogP contribution in [0.15, 0.2) is 6.20 Å². The number of rotatable bonds is 6. The molecule has 0 saturated carbocycles. The molecule has 1 heterocycles. The molecule has 0 radical (unpaired) electrons. The Hall–Kier alpha value is -1.07. The van der Waals surface area contributed by atoms with Gasteiger partial charge in [0.25, 0.3) is 0 Å². The monoisotopic (exact) mass is 272 g/mol. The first kappa shape index (κ1) is 15.0. The summed E-state index contributed by atoms with van der Waals surface area (Å²) in [6, 6.07) is 0. The zero-order valence-corrected chi connectivity index (χ0v) is 12.2. The van der Waals surface area contributed by atoms with E-state index in [0.717, 1.165) is 18.9 Å². The smallest absolute Gasteiger partial charge is 0.236 e. The largest absolute Gasteiger partial charge is 0.342 e. The summed E-state index contributed by atoms with van der Waals surface area (Å²) in [6.45, 7) is 6.47. The molecule has 102 valence electrons. The lowest BCUT2D eigenvalue weighted by Crippen LogP contribution is -2.38. The van der Waals surface area contributed by atoms with Crippen LogP contribution in [0, 0.1) is 0 Å². The van der Waals surface area contributed by atoms with Crippen molar-refractivity contribution < 1.29 is 4.79 Å². The number of hydrogen-bond donors (Lipinski definition) is 0. The number of imidazole rings is 1. The van der Waals surface area contributed by atoms with Gasteiger partial charge < -0.3 is 9.47 Å². The summed E-state index contributed by atoms with van der Waals surface area (Å²) in [6.07, 6.45) is 1.62. The molecule has 1 aromatic heterocycles. The summed E-state index contributed by atoms with van der Waals surface area (Å²) in [5.74, 6) is 0.998. The van der Waals surface area contributed by atoms with Gasteiger partial charge in [-0.15, -0.1) is 0 Å². The standard InChI is InChI=1S/C12H21ClN4O/c1-5-17(6-2)12(18)9-15(3)8-11-14-7-10(13)16(11)4/h7H,5-6,8-9H2,1-4H3. The first-order chi connectivity index (χ1) is 8.49. The molecule has 0 aliphatic carbocycles. The fourth-order valence-corrected chi connectivity index (χ4v) is 1.92. The van der Waals surface area contributed by atoms with Gasteiger partial charge in [-0.2, -0.15) is 0 Å². The van der Waals surface area contributed by atoms with Crippen LogP contribution < -0.4 is 0 Å². The maximum Gasteiger partial charge on any atom is 0.236 e. The molecule has 0 saturated heterocycles. The van der Waals surface area contributed by atoms with Gasteiger partial charge in [-0.25, -0.2) is 4.98 Å². The Kier molecular flexibility index (Phi) is 5.62. The summed E-state index contributed by atoms with van der Waals surface area (Å²) in [5, 5.41) is 0.605. The number of halogens is 1. The third-order valence-corrected chi connectivity index (χ3v) is 3.31. The lowest BCUT2D eigenvalue weighted by Gasteiger charge is -2.22. The van der Waals surface area contributed by atoms with Crippen LogP contribution in [-0.2, 0) is 18.4 Å². The SMILES string of the molecule is CCN(CC)C(=O)CN(C)Cc1ncc(Cl)n1C. The molecule has 18 heavy (non-hydrogen) atoms.